The fraction of sp³-hybridized carbons (Fsp3) is 0.682. The van der Waals surface area contributed by atoms with Crippen molar-refractivity contribution in [3.8, 4) is 5.75 Å². The normalized spacial score (nSPS) is 11.0. The number of aldehydes is 1. The molecule has 0 aliphatic carbocycles. The highest BCUT2D eigenvalue weighted by Gasteiger charge is 1.98. The van der Waals surface area contributed by atoms with Crippen molar-refractivity contribution in [2.24, 2.45) is 0 Å². The molecule has 1 aromatic rings. The number of benzene rings is 1. The van der Waals surface area contributed by atoms with E-state index in [1.54, 1.807) is 0 Å². The second-order valence-corrected chi connectivity index (χ2v) is 6.26. The molecule has 0 aliphatic heterocycles. The molecule has 0 aromatic heterocycles. The first kappa shape index (κ1) is 27.4. The maximum atomic E-state index is 10.5. The number of aliphatic hydroxyl groups excluding tert-OH is 1. The van der Waals surface area contributed by atoms with Crippen LogP contribution in [0.3, 0.4) is 0 Å². The lowest BCUT2D eigenvalue weighted by Crippen LogP contribution is -2.15. The Morgan fingerprint density at radius 1 is 0.645 bits per heavy atom. The maximum absolute atomic E-state index is 10.5. The van der Waals surface area contributed by atoms with Crippen LogP contribution >= 0.6 is 0 Å². The third-order valence-electron chi connectivity index (χ3n) is 3.81. The van der Waals surface area contributed by atoms with Crippen LogP contribution < -0.4 is 4.74 Å². The molecule has 0 amide bonds. The molecule has 0 atom stereocenters. The Morgan fingerprint density at radius 3 is 1.55 bits per heavy atom. The Morgan fingerprint density at radius 2 is 1.10 bits per heavy atom. The molecule has 9 heteroatoms. The molecular formula is C22H36O9. The van der Waals surface area contributed by atoms with E-state index in [4.69, 9.17) is 38.3 Å². The zero-order valence-electron chi connectivity index (χ0n) is 18.2. The summed E-state index contributed by atoms with van der Waals surface area (Å²) >= 11 is 0. The number of hydrogen-bond donors (Lipinski definition) is 1. The second kappa shape index (κ2) is 21.6. The van der Waals surface area contributed by atoms with Crippen molar-refractivity contribution < 1.29 is 43.1 Å². The van der Waals surface area contributed by atoms with Crippen LogP contribution in [0.2, 0.25) is 0 Å². The van der Waals surface area contributed by atoms with Gasteiger partial charge in [-0.15, -0.1) is 0 Å². The molecule has 0 fully saturated rings. The molecular weight excluding hydrogens is 408 g/mol. The lowest BCUT2D eigenvalue weighted by atomic mass is 10.2. The Balaban J connectivity index is 1.75. The van der Waals surface area contributed by atoms with Crippen molar-refractivity contribution in [3.05, 3.63) is 29.8 Å². The van der Waals surface area contributed by atoms with E-state index < -0.39 is 0 Å². The van der Waals surface area contributed by atoms with Crippen molar-refractivity contribution in [1.29, 1.82) is 0 Å². The highest BCUT2D eigenvalue weighted by molar-refractivity contribution is 5.55. The predicted octanol–water partition coefficient (Wildman–Crippen LogP) is 0.899. The van der Waals surface area contributed by atoms with Crippen LogP contribution in [0, 0.1) is 0 Å². The summed E-state index contributed by atoms with van der Waals surface area (Å²) in [7, 11) is 0. The van der Waals surface area contributed by atoms with Gasteiger partial charge in [0.2, 0.25) is 0 Å². The lowest BCUT2D eigenvalue weighted by Gasteiger charge is -2.09. The molecule has 0 unspecified atom stereocenters. The largest absolute Gasteiger partial charge is 0.491 e. The van der Waals surface area contributed by atoms with Gasteiger partial charge in [-0.2, -0.15) is 0 Å². The van der Waals surface area contributed by atoms with Crippen LogP contribution in [0.15, 0.2) is 24.3 Å². The van der Waals surface area contributed by atoms with Crippen molar-refractivity contribution >= 4 is 6.29 Å². The van der Waals surface area contributed by atoms with Crippen molar-refractivity contribution in [2.45, 2.75) is 6.42 Å². The minimum absolute atomic E-state index is 0.0266. The van der Waals surface area contributed by atoms with E-state index in [2.05, 4.69) is 0 Å². The van der Waals surface area contributed by atoms with Crippen molar-refractivity contribution in [1.82, 2.24) is 0 Å². The molecule has 0 spiro atoms. The Hall–Kier alpha value is -1.59. The van der Waals surface area contributed by atoms with Gasteiger partial charge in [0.25, 0.3) is 0 Å². The first-order valence-electron chi connectivity index (χ1n) is 10.6. The van der Waals surface area contributed by atoms with Crippen LogP contribution in [0.5, 0.6) is 5.75 Å². The Kier molecular flexibility index (Phi) is 19.2. The molecule has 0 radical (unpaired) electrons. The average Bonchev–Trinajstić information content (AvgIpc) is 2.78. The third kappa shape index (κ3) is 17.8. The highest BCUT2D eigenvalue weighted by Crippen LogP contribution is 2.13. The smallest absolute Gasteiger partial charge is 0.124 e. The first-order chi connectivity index (χ1) is 15.4. The highest BCUT2D eigenvalue weighted by atomic mass is 16.6. The van der Waals surface area contributed by atoms with E-state index in [1.165, 1.54) is 0 Å². The van der Waals surface area contributed by atoms with Gasteiger partial charge in [-0.3, -0.25) is 0 Å². The summed E-state index contributed by atoms with van der Waals surface area (Å²) in [5, 5.41) is 8.54. The van der Waals surface area contributed by atoms with E-state index in [0.29, 0.717) is 92.3 Å². The molecule has 0 saturated carbocycles. The Labute approximate surface area is 184 Å². The van der Waals surface area contributed by atoms with Gasteiger partial charge >= 0.3 is 0 Å². The van der Waals surface area contributed by atoms with Crippen LogP contribution in [-0.4, -0.2) is 104 Å². The summed E-state index contributed by atoms with van der Waals surface area (Å²) in [6.45, 7) is 6.24. The quantitative estimate of drug-likeness (QED) is 0.195. The van der Waals surface area contributed by atoms with Crippen LogP contribution in [0.4, 0.5) is 0 Å². The van der Waals surface area contributed by atoms with E-state index in [-0.39, 0.29) is 6.61 Å². The molecule has 1 N–H and O–H groups in total. The van der Waals surface area contributed by atoms with Gasteiger partial charge in [0.05, 0.1) is 85.9 Å². The van der Waals surface area contributed by atoms with Crippen molar-refractivity contribution in [3.63, 3.8) is 0 Å². The zero-order valence-corrected chi connectivity index (χ0v) is 18.2. The summed E-state index contributed by atoms with van der Waals surface area (Å²) in [4.78, 5) is 10.5. The average molecular weight is 445 g/mol. The zero-order chi connectivity index (χ0) is 22.2. The standard InChI is InChI=1S/C22H36O9/c23-5-4-21-2-1-3-22(20-21)31-19-18-30-17-16-29-15-14-28-13-12-27-11-10-26-9-8-25-7-6-24/h1-3,5,20,24H,4,6-19H2. The van der Waals surface area contributed by atoms with E-state index in [1.807, 2.05) is 24.3 Å². The molecule has 0 heterocycles. The van der Waals surface area contributed by atoms with Crippen LogP contribution in [0.25, 0.3) is 0 Å². The van der Waals surface area contributed by atoms with Crippen LogP contribution in [-0.2, 0) is 39.6 Å². The number of hydrogen-bond acceptors (Lipinski definition) is 9. The van der Waals surface area contributed by atoms with Gasteiger partial charge in [0, 0.05) is 6.42 Å². The van der Waals surface area contributed by atoms with Gasteiger partial charge < -0.3 is 43.1 Å². The summed E-state index contributed by atoms with van der Waals surface area (Å²) in [5.41, 5.74) is 0.932. The van der Waals surface area contributed by atoms with Gasteiger partial charge in [-0.1, -0.05) is 12.1 Å². The van der Waals surface area contributed by atoms with E-state index in [0.717, 1.165) is 17.6 Å². The topological polar surface area (TPSA) is 102 Å². The van der Waals surface area contributed by atoms with E-state index in [9.17, 15) is 4.79 Å². The summed E-state index contributed by atoms with van der Waals surface area (Å²) in [6, 6.07) is 7.47. The first-order valence-corrected chi connectivity index (χ1v) is 10.6. The van der Waals surface area contributed by atoms with E-state index >= 15 is 0 Å². The monoisotopic (exact) mass is 444 g/mol. The van der Waals surface area contributed by atoms with Gasteiger partial charge in [-0.05, 0) is 17.7 Å². The fourth-order valence-electron chi connectivity index (χ4n) is 2.34. The molecule has 9 nitrogen and oxygen atoms in total. The summed E-state index contributed by atoms with van der Waals surface area (Å²) in [5.74, 6) is 0.733. The SMILES string of the molecule is O=CCc1cccc(OCCOCCOCCOCCOCCOCCOCCO)c1. The molecule has 1 rings (SSSR count). The summed E-state index contributed by atoms with van der Waals surface area (Å²) in [6.07, 6.45) is 1.26. The number of carbonyl (C=O) groups is 1. The maximum Gasteiger partial charge on any atom is 0.124 e. The molecule has 0 saturated heterocycles. The number of rotatable bonds is 23. The summed E-state index contributed by atoms with van der Waals surface area (Å²) < 4.78 is 37.6. The minimum Gasteiger partial charge on any atom is -0.491 e. The third-order valence-corrected chi connectivity index (χ3v) is 3.81. The molecule has 1 aromatic carbocycles. The Bertz CT molecular complexity index is 527. The van der Waals surface area contributed by atoms with Crippen LogP contribution in [0.1, 0.15) is 5.56 Å². The molecule has 178 valence electrons. The van der Waals surface area contributed by atoms with Crippen molar-refractivity contribution in [2.75, 3.05) is 92.5 Å². The van der Waals surface area contributed by atoms with Gasteiger partial charge in [-0.25, -0.2) is 0 Å². The predicted molar refractivity (Wildman–Crippen MR) is 114 cm³/mol. The molecule has 0 aliphatic rings. The van der Waals surface area contributed by atoms with Gasteiger partial charge in [0.1, 0.15) is 18.6 Å². The molecule has 31 heavy (non-hydrogen) atoms. The fourth-order valence-corrected chi connectivity index (χ4v) is 2.34. The lowest BCUT2D eigenvalue weighted by molar-refractivity contribution is -0.107. The number of carbonyl (C=O) groups excluding carboxylic acids is 1. The van der Waals surface area contributed by atoms with Gasteiger partial charge in [0.15, 0.2) is 0 Å². The minimum atomic E-state index is 0.0266. The number of ether oxygens (including phenoxy) is 7. The molecule has 0 bridgehead atoms. The second-order valence-electron chi connectivity index (χ2n) is 6.26. The number of aliphatic hydroxyl groups is 1.